The Hall–Kier alpha value is -2.58. The summed E-state index contributed by atoms with van der Waals surface area (Å²) in [5.41, 5.74) is 2.28. The first-order valence-corrected chi connectivity index (χ1v) is 10.5. The maximum atomic E-state index is 6.33. The van der Waals surface area contributed by atoms with Gasteiger partial charge in [-0.1, -0.05) is 87.0 Å². The van der Waals surface area contributed by atoms with Gasteiger partial charge in [0.2, 0.25) is 0 Å². The number of hydrogen-bond donors (Lipinski definition) is 0. The second-order valence-electron chi connectivity index (χ2n) is 6.91. The van der Waals surface area contributed by atoms with Crippen LogP contribution in [0, 0.1) is 5.92 Å². The number of ether oxygens (including phenoxy) is 1. The van der Waals surface area contributed by atoms with Gasteiger partial charge in [0.25, 0.3) is 0 Å². The summed E-state index contributed by atoms with van der Waals surface area (Å²) in [7, 11) is 0. The summed E-state index contributed by atoms with van der Waals surface area (Å²) in [5, 5.41) is 0.569. The first-order chi connectivity index (χ1) is 14.1. The minimum Gasteiger partial charge on any atom is -0.460 e. The molecule has 0 spiro atoms. The largest absolute Gasteiger partial charge is 0.460 e. The van der Waals surface area contributed by atoms with Crippen molar-refractivity contribution in [2.45, 2.75) is 39.0 Å². The summed E-state index contributed by atoms with van der Waals surface area (Å²) < 4.78 is 6.21. The highest BCUT2D eigenvalue weighted by Crippen LogP contribution is 2.40. The number of aromatic nitrogens is 1. The van der Waals surface area contributed by atoms with Crippen molar-refractivity contribution in [3.8, 4) is 5.75 Å². The van der Waals surface area contributed by atoms with Gasteiger partial charge in [-0.3, -0.25) is 4.98 Å². The molecule has 2 atom stereocenters. The molecule has 29 heavy (non-hydrogen) atoms. The van der Waals surface area contributed by atoms with Crippen LogP contribution in [0.1, 0.15) is 44.6 Å². The Morgan fingerprint density at radius 1 is 1.24 bits per heavy atom. The van der Waals surface area contributed by atoms with E-state index in [-0.39, 0.29) is 11.8 Å². The van der Waals surface area contributed by atoms with Gasteiger partial charge in [0.15, 0.2) is 0 Å². The number of rotatable bonds is 11. The predicted octanol–water partition coefficient (Wildman–Crippen LogP) is 7.91. The summed E-state index contributed by atoms with van der Waals surface area (Å²) in [6.07, 6.45) is 14.9. The summed E-state index contributed by atoms with van der Waals surface area (Å²) in [6, 6.07) is 11.6. The predicted molar refractivity (Wildman–Crippen MR) is 124 cm³/mol. The number of nitrogens with zero attached hydrogens (tertiary/aromatic N) is 1. The van der Waals surface area contributed by atoms with Gasteiger partial charge in [0, 0.05) is 18.3 Å². The molecule has 0 aliphatic heterocycles. The maximum Gasteiger partial charge on any atom is 0.145 e. The standard InChI is InChI=1S/C26H30ClNO/c1-5-8-15-23(22-14-11-18-28-19-22)26(21(12-6-2)13-7-3)20(4)29-25-17-10-9-16-24(25)27/h6-7,9-14,16-19,23,26H,2,4-5,8,15H2,1,3H3/b13-7-,21-12+. The van der Waals surface area contributed by atoms with Gasteiger partial charge in [0.1, 0.15) is 11.5 Å². The second kappa shape index (κ2) is 12.1. The van der Waals surface area contributed by atoms with E-state index in [0.29, 0.717) is 16.5 Å². The van der Waals surface area contributed by atoms with Gasteiger partial charge in [0.05, 0.1) is 5.02 Å². The lowest BCUT2D eigenvalue weighted by Gasteiger charge is -2.30. The molecule has 3 heteroatoms. The Balaban J connectivity index is 2.51. The topological polar surface area (TPSA) is 22.1 Å². The van der Waals surface area contributed by atoms with E-state index in [9.17, 15) is 0 Å². The van der Waals surface area contributed by atoms with Gasteiger partial charge in [-0.15, -0.1) is 0 Å². The highest BCUT2D eigenvalue weighted by Gasteiger charge is 2.29. The molecule has 0 aliphatic carbocycles. The van der Waals surface area contributed by atoms with Crippen molar-refractivity contribution in [2.24, 2.45) is 5.92 Å². The van der Waals surface area contributed by atoms with Gasteiger partial charge in [-0.25, -0.2) is 0 Å². The molecular formula is C26H30ClNO. The summed E-state index contributed by atoms with van der Waals surface area (Å²) in [5.74, 6) is 1.40. The van der Waals surface area contributed by atoms with Gasteiger partial charge in [-0.05, 0) is 48.6 Å². The lowest BCUT2D eigenvalue weighted by atomic mass is 9.77. The maximum absolute atomic E-state index is 6.33. The zero-order valence-corrected chi connectivity index (χ0v) is 18.1. The van der Waals surface area contributed by atoms with Crippen molar-refractivity contribution in [3.63, 3.8) is 0 Å². The SMILES string of the molecule is C=C/C=C(\C=C/C)C(C(=C)Oc1ccccc1Cl)C(CCCC)c1cccnc1. The molecule has 2 aromatic rings. The molecule has 1 aromatic carbocycles. The van der Waals surface area contributed by atoms with Gasteiger partial charge in [-0.2, -0.15) is 0 Å². The Labute approximate surface area is 180 Å². The third kappa shape index (κ3) is 6.47. The average molecular weight is 408 g/mol. The first kappa shape index (κ1) is 22.7. The highest BCUT2D eigenvalue weighted by molar-refractivity contribution is 6.32. The fourth-order valence-corrected chi connectivity index (χ4v) is 3.69. The smallest absolute Gasteiger partial charge is 0.145 e. The minimum atomic E-state index is -0.0591. The Kier molecular flexibility index (Phi) is 9.46. The van der Waals surface area contributed by atoms with E-state index in [1.807, 2.05) is 61.7 Å². The number of pyridine rings is 1. The molecule has 2 unspecified atom stereocenters. The Morgan fingerprint density at radius 2 is 2.03 bits per heavy atom. The van der Waals surface area contributed by atoms with E-state index in [4.69, 9.17) is 16.3 Å². The van der Waals surface area contributed by atoms with Crippen LogP contribution in [0.4, 0.5) is 0 Å². The molecular weight excluding hydrogens is 378 g/mol. The molecule has 1 aromatic heterocycles. The first-order valence-electron chi connectivity index (χ1n) is 10.1. The van der Waals surface area contributed by atoms with Crippen LogP contribution in [0.2, 0.25) is 5.02 Å². The van der Waals surface area contributed by atoms with E-state index in [2.05, 4.69) is 37.2 Å². The number of benzene rings is 1. The molecule has 0 saturated carbocycles. The summed E-state index contributed by atoms with van der Waals surface area (Å²) in [6.45, 7) is 12.4. The lowest BCUT2D eigenvalue weighted by Crippen LogP contribution is -2.20. The molecule has 0 radical (unpaired) electrons. The third-order valence-electron chi connectivity index (χ3n) is 4.84. The quantitative estimate of drug-likeness (QED) is 0.279. The van der Waals surface area contributed by atoms with Crippen LogP contribution in [0.5, 0.6) is 5.75 Å². The van der Waals surface area contributed by atoms with Crippen LogP contribution in [0.3, 0.4) is 0 Å². The molecule has 0 bridgehead atoms. The van der Waals surface area contributed by atoms with Crippen LogP contribution in [-0.4, -0.2) is 4.98 Å². The fourth-order valence-electron chi connectivity index (χ4n) is 3.51. The molecule has 152 valence electrons. The molecule has 0 saturated heterocycles. The number of unbranched alkanes of at least 4 members (excludes halogenated alkanes) is 1. The van der Waals surface area contributed by atoms with E-state index >= 15 is 0 Å². The number of para-hydroxylation sites is 1. The van der Waals surface area contributed by atoms with Crippen molar-refractivity contribution in [3.05, 3.63) is 108 Å². The van der Waals surface area contributed by atoms with Crippen molar-refractivity contribution >= 4 is 11.6 Å². The van der Waals surface area contributed by atoms with E-state index in [1.54, 1.807) is 6.20 Å². The van der Waals surface area contributed by atoms with E-state index in [0.717, 1.165) is 24.8 Å². The van der Waals surface area contributed by atoms with E-state index < -0.39 is 0 Å². The molecule has 0 aliphatic rings. The van der Waals surface area contributed by atoms with Crippen LogP contribution in [-0.2, 0) is 0 Å². The third-order valence-corrected chi connectivity index (χ3v) is 5.15. The second-order valence-corrected chi connectivity index (χ2v) is 7.32. The molecule has 2 rings (SSSR count). The van der Waals surface area contributed by atoms with Gasteiger partial charge < -0.3 is 4.74 Å². The lowest BCUT2D eigenvalue weighted by molar-refractivity contribution is 0.334. The normalized spacial score (nSPS) is 13.8. The van der Waals surface area contributed by atoms with Crippen molar-refractivity contribution in [1.82, 2.24) is 4.98 Å². The minimum absolute atomic E-state index is 0.0591. The van der Waals surface area contributed by atoms with Crippen LogP contribution < -0.4 is 4.74 Å². The van der Waals surface area contributed by atoms with Crippen LogP contribution >= 0.6 is 11.6 Å². The zero-order valence-electron chi connectivity index (χ0n) is 17.4. The molecule has 0 N–H and O–H groups in total. The van der Waals surface area contributed by atoms with Crippen molar-refractivity contribution < 1.29 is 4.74 Å². The van der Waals surface area contributed by atoms with Crippen molar-refractivity contribution in [1.29, 1.82) is 0 Å². The Bertz CT molecular complexity index is 854. The van der Waals surface area contributed by atoms with Gasteiger partial charge >= 0.3 is 0 Å². The summed E-state index contributed by atoms with van der Waals surface area (Å²) >= 11 is 6.33. The van der Waals surface area contributed by atoms with Crippen LogP contribution in [0.25, 0.3) is 0 Å². The fraction of sp³-hybridized carbons (Fsp3) is 0.269. The highest BCUT2D eigenvalue weighted by atomic mass is 35.5. The number of halogens is 1. The Morgan fingerprint density at radius 3 is 2.66 bits per heavy atom. The van der Waals surface area contributed by atoms with Crippen LogP contribution in [0.15, 0.2) is 97.6 Å². The monoisotopic (exact) mass is 407 g/mol. The molecule has 2 nitrogen and oxygen atoms in total. The zero-order chi connectivity index (χ0) is 21.1. The number of allylic oxidation sites excluding steroid dienone is 5. The molecule has 1 heterocycles. The average Bonchev–Trinajstić information content (AvgIpc) is 2.73. The van der Waals surface area contributed by atoms with E-state index in [1.165, 1.54) is 5.56 Å². The molecule has 0 amide bonds. The number of hydrogen-bond acceptors (Lipinski definition) is 2. The molecule has 0 fully saturated rings. The summed E-state index contributed by atoms with van der Waals surface area (Å²) in [4.78, 5) is 4.36. The van der Waals surface area contributed by atoms with Crippen molar-refractivity contribution in [2.75, 3.05) is 0 Å².